The number of rotatable bonds is 17. The van der Waals surface area contributed by atoms with Crippen LogP contribution in [-0.2, 0) is 30.3 Å². The van der Waals surface area contributed by atoms with Gasteiger partial charge >= 0.3 is 0 Å². The van der Waals surface area contributed by atoms with Gasteiger partial charge in [0, 0.05) is 11.5 Å². The summed E-state index contributed by atoms with van der Waals surface area (Å²) in [6.07, 6.45) is 11.5. The summed E-state index contributed by atoms with van der Waals surface area (Å²) in [6.45, 7) is 6.02. The highest BCUT2D eigenvalue weighted by atomic mass is 32.2. The van der Waals surface area contributed by atoms with E-state index in [1.807, 2.05) is 6.08 Å². The number of aliphatic hydroxyl groups excluding tert-OH is 2. The van der Waals surface area contributed by atoms with Crippen molar-refractivity contribution in [3.8, 4) is 11.8 Å². The number of hydrogen-bond donors (Lipinski definition) is 6. The van der Waals surface area contributed by atoms with Crippen molar-refractivity contribution >= 4 is 35.1 Å². The molecule has 5 unspecified atom stereocenters. The molecule has 0 radical (unpaired) electrons. The molecule has 4 saturated carbocycles. The molecule has 0 bridgehead atoms. The first-order valence-corrected chi connectivity index (χ1v) is 23.6. The molecule has 5 fully saturated rings. The molecule has 1 aromatic rings. The Balaban J connectivity index is 0.926. The van der Waals surface area contributed by atoms with Crippen LogP contribution < -0.4 is 16.0 Å². The van der Waals surface area contributed by atoms with Crippen LogP contribution in [0.1, 0.15) is 109 Å². The Morgan fingerprint density at radius 3 is 2.48 bits per heavy atom. The van der Waals surface area contributed by atoms with Crippen molar-refractivity contribution < 1.29 is 44.3 Å². The number of benzene rings is 1. The predicted molar refractivity (Wildman–Crippen MR) is 234 cm³/mol. The van der Waals surface area contributed by atoms with E-state index in [9.17, 15) is 34.5 Å². The summed E-state index contributed by atoms with van der Waals surface area (Å²) < 4.78 is 6.72. The van der Waals surface area contributed by atoms with Gasteiger partial charge in [0.2, 0.25) is 24.2 Å². The molecule has 2 amide bonds. The van der Waals surface area contributed by atoms with Gasteiger partial charge < -0.3 is 35.8 Å². The molecule has 12 nitrogen and oxygen atoms in total. The first-order valence-electron chi connectivity index (χ1n) is 22.4. The van der Waals surface area contributed by atoms with E-state index >= 15 is 0 Å². The van der Waals surface area contributed by atoms with Gasteiger partial charge in [-0.15, -0.1) is 17.7 Å². The van der Waals surface area contributed by atoms with Crippen LogP contribution in [0.3, 0.4) is 0 Å². The summed E-state index contributed by atoms with van der Waals surface area (Å²) in [5, 5.41) is 46.5. The molecule has 332 valence electrons. The lowest BCUT2D eigenvalue weighted by Crippen LogP contribution is -2.65. The minimum absolute atomic E-state index is 0.00723. The van der Waals surface area contributed by atoms with Crippen molar-refractivity contribution in [1.29, 1.82) is 0 Å². The molecule has 1 saturated heterocycles. The van der Waals surface area contributed by atoms with Crippen LogP contribution in [0.4, 0.5) is 0 Å². The summed E-state index contributed by atoms with van der Waals surface area (Å²) in [7, 11) is 0. The van der Waals surface area contributed by atoms with E-state index in [4.69, 9.17) is 9.84 Å². The lowest BCUT2D eigenvalue weighted by molar-refractivity contribution is -0.267. The normalized spacial score (nSPS) is 34.6. The maximum Gasteiger partial charge on any atom is 0.237 e. The summed E-state index contributed by atoms with van der Waals surface area (Å²) >= 11 is 1.37. The highest BCUT2D eigenvalue weighted by molar-refractivity contribution is 8.00. The maximum atomic E-state index is 14.2. The van der Waals surface area contributed by atoms with Gasteiger partial charge in [0.15, 0.2) is 12.1 Å². The fraction of sp³-hybridized carbons (Fsp3) is 0.667. The van der Waals surface area contributed by atoms with Gasteiger partial charge in [0.05, 0.1) is 41.7 Å². The van der Waals surface area contributed by atoms with Gasteiger partial charge in [-0.25, -0.2) is 0 Å². The molecular formula is C48H66N3O9S+. The maximum absolute atomic E-state index is 14.2. The number of allylic oxidation sites excluding steroid dienone is 4. The van der Waals surface area contributed by atoms with Crippen molar-refractivity contribution in [2.45, 2.75) is 135 Å². The lowest BCUT2D eigenvalue weighted by Gasteiger charge is -2.62. The van der Waals surface area contributed by atoms with Crippen LogP contribution in [0.25, 0.3) is 0 Å². The Kier molecular flexibility index (Phi) is 14.4. The molecule has 6 aliphatic rings. The van der Waals surface area contributed by atoms with Crippen LogP contribution in [-0.4, -0.2) is 99.2 Å². The van der Waals surface area contributed by atoms with Crippen molar-refractivity contribution in [2.24, 2.45) is 39.9 Å². The second kappa shape index (κ2) is 19.2. The number of fused-ring (bicyclic) bond motifs is 7. The third-order valence-corrected chi connectivity index (χ3v) is 16.5. The van der Waals surface area contributed by atoms with Crippen LogP contribution in [0.2, 0.25) is 0 Å². The molecule has 13 heteroatoms. The van der Waals surface area contributed by atoms with Crippen molar-refractivity contribution in [1.82, 2.24) is 16.0 Å². The number of ether oxygens (including phenoxy) is 1. The number of Topliss-reactive ketones (excluding diaryl/α,β-unsaturated/α-hetero) is 1. The number of thioether (sulfide) groups is 1. The van der Waals surface area contributed by atoms with Crippen molar-refractivity contribution in [3.05, 3.63) is 59.2 Å². The van der Waals surface area contributed by atoms with Crippen LogP contribution in [0, 0.1) is 51.8 Å². The Labute approximate surface area is 364 Å². The number of amides is 2. The average molecular weight is 861 g/mol. The molecule has 0 spiro atoms. The quantitative estimate of drug-likeness (QED) is 0.0581. The molecule has 5 aliphatic carbocycles. The summed E-state index contributed by atoms with van der Waals surface area (Å²) in [6, 6.07) is 7.66. The second-order valence-corrected chi connectivity index (χ2v) is 19.9. The van der Waals surface area contributed by atoms with E-state index in [0.29, 0.717) is 29.4 Å². The van der Waals surface area contributed by atoms with E-state index in [0.717, 1.165) is 69.8 Å². The number of ketones is 2. The number of carbonyl (C=O) groups excluding carboxylic acids is 4. The fourth-order valence-corrected chi connectivity index (χ4v) is 13.2. The highest BCUT2D eigenvalue weighted by Gasteiger charge is 2.78. The van der Waals surface area contributed by atoms with Gasteiger partial charge in [-0.2, -0.15) is 0 Å². The molecule has 7 rings (SSSR count). The zero-order valence-electron chi connectivity index (χ0n) is 35.9. The molecule has 10 atom stereocenters. The minimum atomic E-state index is -1.59. The van der Waals surface area contributed by atoms with Gasteiger partial charge in [-0.05, 0) is 136 Å². The van der Waals surface area contributed by atoms with Gasteiger partial charge in [-0.1, -0.05) is 55.7 Å². The van der Waals surface area contributed by atoms with Crippen LogP contribution in [0.5, 0.6) is 0 Å². The van der Waals surface area contributed by atoms with Crippen molar-refractivity contribution in [2.75, 3.05) is 24.7 Å². The van der Waals surface area contributed by atoms with E-state index < -0.39 is 24.0 Å². The summed E-state index contributed by atoms with van der Waals surface area (Å²) in [5.41, 5.74) is 2.37. The zero-order valence-corrected chi connectivity index (χ0v) is 36.7. The van der Waals surface area contributed by atoms with Gasteiger partial charge in [0.25, 0.3) is 0 Å². The number of nitrogens with one attached hydrogen (secondary N) is 3. The third-order valence-electron chi connectivity index (χ3n) is 15.7. The third kappa shape index (κ3) is 9.06. The molecule has 0 aromatic heterocycles. The van der Waals surface area contributed by atoms with Crippen LogP contribution in [0.15, 0.2) is 48.1 Å². The number of hydrogen-bond acceptors (Lipinski definition) is 10. The lowest BCUT2D eigenvalue weighted by atomic mass is 9.44. The Hall–Kier alpha value is -3.35. The Morgan fingerprint density at radius 2 is 1.77 bits per heavy atom. The standard InChI is InChI=1S/C48H65N3O9S/c1-4-5-22-61-28-42(56)49-26-41(55)51-38(16-17-43(57)58)45(59)50-33-13-8-30(9-14-33)23-29-6-10-31(11-7-29)44-48(39(54)27-52)40(60-44)25-37-35-15-12-32-24-34(53)18-20-46(32,2)36(35)19-21-47(37,48)3/h6-7,10-11,18,20,24,30,33,35-38,40-41,43-44,51-52,55,57-58H,8-9,12-17,19,21-23,25-28H2,1-3H3,(H,49,56)(H,50,59)/p+1/t30?,33?,35?,36-,37-,38-,40+,41?,44?,46?,47?,48-/m0/s1. The fourth-order valence-electron chi connectivity index (χ4n) is 12.6. The zero-order chi connectivity index (χ0) is 43.5. The SMILES string of the molecule is CC#CCSCC(=O)NCC(O)N[C@@H](CCC(O)O)C(=O)NC1CCC(Cc2ccc(C3O[C@@H]4C[C@H]5C6CCC7=CC(=O)C=CC7(C)[C@H]6CCC5(C)[C@]34C(=O)C[OH2+])cc2)CC1. The molecular weight excluding hydrogens is 795 g/mol. The predicted octanol–water partition coefficient (Wildman–Crippen LogP) is 3.78. The average Bonchev–Trinajstić information content (AvgIpc) is 3.43. The molecule has 1 heterocycles. The van der Waals surface area contributed by atoms with E-state index in [1.165, 1.54) is 22.9 Å². The molecule has 8 N–H and O–H groups in total. The Morgan fingerprint density at radius 1 is 1.02 bits per heavy atom. The second-order valence-electron chi connectivity index (χ2n) is 19.0. The molecule has 61 heavy (non-hydrogen) atoms. The van der Waals surface area contributed by atoms with E-state index in [2.05, 4.69) is 72.0 Å². The smallest absolute Gasteiger partial charge is 0.237 e. The summed E-state index contributed by atoms with van der Waals surface area (Å²) in [5.74, 6) is 7.52. The van der Waals surface area contributed by atoms with E-state index in [-0.39, 0.29) is 84.2 Å². The topological polar surface area (TPSA) is 197 Å². The number of carbonyl (C=O) groups is 4. The first kappa shape index (κ1) is 45.7. The number of aliphatic hydroxyl groups is 3. The monoisotopic (exact) mass is 860 g/mol. The highest BCUT2D eigenvalue weighted by Crippen LogP contribution is 2.77. The summed E-state index contributed by atoms with van der Waals surface area (Å²) in [4.78, 5) is 52.0. The molecule has 1 aliphatic heterocycles. The minimum Gasteiger partial charge on any atom is -0.440 e. The first-order chi connectivity index (χ1) is 29.2. The Bertz CT molecular complexity index is 1920. The largest absolute Gasteiger partial charge is 0.440 e. The van der Waals surface area contributed by atoms with Crippen LogP contribution >= 0.6 is 11.8 Å². The van der Waals surface area contributed by atoms with E-state index in [1.54, 1.807) is 13.0 Å². The van der Waals surface area contributed by atoms with Crippen molar-refractivity contribution in [3.63, 3.8) is 0 Å². The van der Waals surface area contributed by atoms with Gasteiger partial charge in [-0.3, -0.25) is 24.5 Å². The molecule has 1 aromatic carbocycles. The van der Waals surface area contributed by atoms with Gasteiger partial charge in [0.1, 0.15) is 6.23 Å².